The van der Waals surface area contributed by atoms with Crippen molar-refractivity contribution in [3.8, 4) is 5.75 Å². The summed E-state index contributed by atoms with van der Waals surface area (Å²) in [5, 5.41) is 3.50. The summed E-state index contributed by atoms with van der Waals surface area (Å²) < 4.78 is 11.1. The van der Waals surface area contributed by atoms with Crippen LogP contribution in [0.2, 0.25) is 0 Å². The van der Waals surface area contributed by atoms with Crippen molar-refractivity contribution in [2.45, 2.75) is 32.4 Å². The van der Waals surface area contributed by atoms with E-state index in [1.807, 2.05) is 7.05 Å². The smallest absolute Gasteiger partial charge is 0.123 e. The summed E-state index contributed by atoms with van der Waals surface area (Å²) in [5.74, 6) is 0.946. The maximum atomic E-state index is 5.58. The number of hydrogen-bond acceptors (Lipinski definition) is 4. The average molecular weight is 292 g/mol. The highest BCUT2D eigenvalue weighted by molar-refractivity contribution is 5.40. The highest BCUT2D eigenvalue weighted by atomic mass is 16.5. The Balaban J connectivity index is 2.35. The third-order valence-corrected chi connectivity index (χ3v) is 4.52. The Morgan fingerprint density at radius 2 is 1.95 bits per heavy atom. The number of likely N-dealkylation sites (N-methyl/N-ethyl adjacent to an activating group) is 1. The van der Waals surface area contributed by atoms with Gasteiger partial charge < -0.3 is 14.8 Å². The van der Waals surface area contributed by atoms with Crippen LogP contribution in [0.3, 0.4) is 0 Å². The van der Waals surface area contributed by atoms with Gasteiger partial charge in [-0.25, -0.2) is 0 Å². The van der Waals surface area contributed by atoms with Crippen LogP contribution in [0.15, 0.2) is 18.2 Å². The Kier molecular flexibility index (Phi) is 5.25. The second-order valence-electron chi connectivity index (χ2n) is 6.22. The Morgan fingerprint density at radius 3 is 2.52 bits per heavy atom. The molecular weight excluding hydrogens is 264 g/mol. The molecule has 0 spiro atoms. The van der Waals surface area contributed by atoms with Gasteiger partial charge in [-0.15, -0.1) is 0 Å². The SMILES string of the molecule is CNC(c1cc(C)ccc1OC)C(C)(C)N1CCOCC1. The number of hydrogen-bond donors (Lipinski definition) is 1. The minimum atomic E-state index is -0.0143. The Morgan fingerprint density at radius 1 is 1.29 bits per heavy atom. The Labute approximate surface area is 128 Å². The molecule has 1 heterocycles. The van der Waals surface area contributed by atoms with Gasteiger partial charge >= 0.3 is 0 Å². The molecule has 1 fully saturated rings. The first kappa shape index (κ1) is 16.3. The van der Waals surface area contributed by atoms with Crippen molar-refractivity contribution < 1.29 is 9.47 Å². The zero-order valence-corrected chi connectivity index (χ0v) is 13.9. The zero-order valence-electron chi connectivity index (χ0n) is 13.9. The van der Waals surface area contributed by atoms with Crippen LogP contribution in [0.1, 0.15) is 31.0 Å². The van der Waals surface area contributed by atoms with E-state index in [1.165, 1.54) is 11.1 Å². The van der Waals surface area contributed by atoms with Crippen LogP contribution >= 0.6 is 0 Å². The predicted octanol–water partition coefficient (Wildman–Crippen LogP) is 2.37. The van der Waals surface area contributed by atoms with E-state index in [0.29, 0.717) is 0 Å². The van der Waals surface area contributed by atoms with E-state index >= 15 is 0 Å². The molecule has 1 aliphatic heterocycles. The summed E-state index contributed by atoms with van der Waals surface area (Å²) in [4.78, 5) is 2.50. The number of aryl methyl sites for hydroxylation is 1. The fraction of sp³-hybridized carbons (Fsp3) is 0.647. The largest absolute Gasteiger partial charge is 0.496 e. The van der Waals surface area contributed by atoms with Gasteiger partial charge in [0.25, 0.3) is 0 Å². The van der Waals surface area contributed by atoms with Gasteiger partial charge in [0, 0.05) is 24.2 Å². The topological polar surface area (TPSA) is 33.7 Å². The molecule has 1 unspecified atom stereocenters. The number of methoxy groups -OCH3 is 1. The van der Waals surface area contributed by atoms with Gasteiger partial charge in [0.15, 0.2) is 0 Å². The first-order valence-electron chi connectivity index (χ1n) is 7.65. The molecule has 0 aliphatic carbocycles. The summed E-state index contributed by atoms with van der Waals surface area (Å²) in [6, 6.07) is 6.58. The third-order valence-electron chi connectivity index (χ3n) is 4.52. The van der Waals surface area contributed by atoms with Gasteiger partial charge in [-0.3, -0.25) is 4.90 Å². The highest BCUT2D eigenvalue weighted by Crippen LogP contribution is 2.36. The van der Waals surface area contributed by atoms with E-state index in [0.717, 1.165) is 32.1 Å². The molecule has 4 heteroatoms. The van der Waals surface area contributed by atoms with Crippen LogP contribution in [-0.4, -0.2) is 50.9 Å². The molecule has 0 radical (unpaired) electrons. The zero-order chi connectivity index (χ0) is 15.5. The van der Waals surface area contributed by atoms with Gasteiger partial charge in [-0.1, -0.05) is 17.7 Å². The summed E-state index contributed by atoms with van der Waals surface area (Å²) in [6.07, 6.45) is 0. The molecule has 21 heavy (non-hydrogen) atoms. The average Bonchev–Trinajstić information content (AvgIpc) is 2.49. The van der Waals surface area contributed by atoms with E-state index in [4.69, 9.17) is 9.47 Å². The van der Waals surface area contributed by atoms with Gasteiger partial charge in [0.2, 0.25) is 0 Å². The van der Waals surface area contributed by atoms with Crippen molar-refractivity contribution in [3.63, 3.8) is 0 Å². The summed E-state index contributed by atoms with van der Waals surface area (Å²) in [6.45, 7) is 10.3. The molecule has 4 nitrogen and oxygen atoms in total. The molecule has 0 amide bonds. The number of ether oxygens (including phenoxy) is 2. The molecule has 118 valence electrons. The first-order valence-corrected chi connectivity index (χ1v) is 7.65. The second-order valence-corrected chi connectivity index (χ2v) is 6.22. The molecule has 1 aliphatic rings. The quantitative estimate of drug-likeness (QED) is 0.903. The summed E-state index contributed by atoms with van der Waals surface area (Å²) in [5.41, 5.74) is 2.46. The lowest BCUT2D eigenvalue weighted by Crippen LogP contribution is -2.55. The predicted molar refractivity (Wildman–Crippen MR) is 86.0 cm³/mol. The lowest BCUT2D eigenvalue weighted by atomic mass is 9.85. The fourth-order valence-electron chi connectivity index (χ4n) is 3.29. The molecule has 1 saturated heterocycles. The van der Waals surface area contributed by atoms with E-state index in [-0.39, 0.29) is 11.6 Å². The fourth-order valence-corrected chi connectivity index (χ4v) is 3.29. The van der Waals surface area contributed by atoms with Crippen LogP contribution in [0.5, 0.6) is 5.75 Å². The van der Waals surface area contributed by atoms with Crippen molar-refractivity contribution >= 4 is 0 Å². The molecule has 1 N–H and O–H groups in total. The van der Waals surface area contributed by atoms with Crippen molar-refractivity contribution in [1.82, 2.24) is 10.2 Å². The molecular formula is C17H28N2O2. The summed E-state index contributed by atoms with van der Waals surface area (Å²) >= 11 is 0. The normalized spacial score (nSPS) is 18.5. The molecule has 0 saturated carbocycles. The first-order chi connectivity index (χ1) is 10.0. The van der Waals surface area contributed by atoms with Crippen molar-refractivity contribution in [3.05, 3.63) is 29.3 Å². The van der Waals surface area contributed by atoms with Crippen molar-refractivity contribution in [2.75, 3.05) is 40.5 Å². The van der Waals surface area contributed by atoms with E-state index in [1.54, 1.807) is 7.11 Å². The second kappa shape index (κ2) is 6.77. The lowest BCUT2D eigenvalue weighted by Gasteiger charge is -2.46. The monoisotopic (exact) mass is 292 g/mol. The van der Waals surface area contributed by atoms with Gasteiger partial charge in [0.1, 0.15) is 5.75 Å². The molecule has 2 rings (SSSR count). The van der Waals surface area contributed by atoms with Crippen LogP contribution < -0.4 is 10.1 Å². The van der Waals surface area contributed by atoms with E-state index in [9.17, 15) is 0 Å². The van der Waals surface area contributed by atoms with Crippen LogP contribution in [-0.2, 0) is 4.74 Å². The molecule has 1 atom stereocenters. The minimum absolute atomic E-state index is 0.0143. The number of nitrogens with one attached hydrogen (secondary N) is 1. The lowest BCUT2D eigenvalue weighted by molar-refractivity contribution is -0.0231. The number of rotatable bonds is 5. The standard InChI is InChI=1S/C17H28N2O2/c1-13-6-7-15(20-5)14(12-13)16(18-4)17(2,3)19-8-10-21-11-9-19/h6-7,12,16,18H,8-11H2,1-5H3. The maximum Gasteiger partial charge on any atom is 0.123 e. The molecule has 0 bridgehead atoms. The highest BCUT2D eigenvalue weighted by Gasteiger charge is 2.37. The van der Waals surface area contributed by atoms with Crippen molar-refractivity contribution in [1.29, 1.82) is 0 Å². The van der Waals surface area contributed by atoms with Crippen LogP contribution in [0.25, 0.3) is 0 Å². The number of benzene rings is 1. The third kappa shape index (κ3) is 3.39. The molecule has 1 aromatic carbocycles. The van der Waals surface area contributed by atoms with E-state index < -0.39 is 0 Å². The number of morpholine rings is 1. The van der Waals surface area contributed by atoms with Crippen LogP contribution in [0, 0.1) is 6.92 Å². The Hall–Kier alpha value is -1.10. The van der Waals surface area contributed by atoms with E-state index in [2.05, 4.69) is 49.2 Å². The van der Waals surface area contributed by atoms with Gasteiger partial charge in [0.05, 0.1) is 26.4 Å². The van der Waals surface area contributed by atoms with Gasteiger partial charge in [-0.2, -0.15) is 0 Å². The summed E-state index contributed by atoms with van der Waals surface area (Å²) in [7, 11) is 3.76. The molecule has 1 aromatic rings. The molecule has 0 aromatic heterocycles. The minimum Gasteiger partial charge on any atom is -0.496 e. The van der Waals surface area contributed by atoms with Gasteiger partial charge in [-0.05, 0) is 33.9 Å². The van der Waals surface area contributed by atoms with Crippen molar-refractivity contribution in [2.24, 2.45) is 0 Å². The Bertz CT molecular complexity index is 468. The number of nitrogens with zero attached hydrogens (tertiary/aromatic N) is 1. The van der Waals surface area contributed by atoms with Crippen LogP contribution in [0.4, 0.5) is 0 Å². The maximum absolute atomic E-state index is 5.58.